The van der Waals surface area contributed by atoms with E-state index in [1.54, 1.807) is 12.4 Å². The van der Waals surface area contributed by atoms with Gasteiger partial charge in [0.2, 0.25) is 0 Å². The van der Waals surface area contributed by atoms with Crippen molar-refractivity contribution in [2.24, 2.45) is 4.99 Å². The molecule has 1 aromatic heterocycles. The van der Waals surface area contributed by atoms with Gasteiger partial charge in [0.15, 0.2) is 0 Å². The van der Waals surface area contributed by atoms with Gasteiger partial charge in [0.1, 0.15) is 0 Å². The van der Waals surface area contributed by atoms with E-state index in [1.807, 2.05) is 19.1 Å². The normalized spacial score (nSPS) is 8.82. The van der Waals surface area contributed by atoms with Crippen LogP contribution in [0.1, 0.15) is 12.6 Å². The molecule has 0 aliphatic rings. The fourth-order valence-corrected chi connectivity index (χ4v) is 0.575. The summed E-state index contributed by atoms with van der Waals surface area (Å²) in [5, 5.41) is 0. The molecule has 0 aliphatic heterocycles. The molecule has 0 amide bonds. The van der Waals surface area contributed by atoms with Crippen molar-refractivity contribution >= 4 is 6.21 Å². The summed E-state index contributed by atoms with van der Waals surface area (Å²) in [5.41, 5.74) is 0.942. The minimum Gasteiger partial charge on any atom is -0.663 e. The Hall–Kier alpha value is -0.518. The van der Waals surface area contributed by atoms with E-state index in [0.717, 1.165) is 12.2 Å². The molecule has 0 bridgehead atoms. The van der Waals surface area contributed by atoms with Gasteiger partial charge in [-0.25, -0.2) is 0 Å². The molecule has 1 rings (SSSR count). The van der Waals surface area contributed by atoms with E-state index in [1.165, 1.54) is 0 Å². The summed E-state index contributed by atoms with van der Waals surface area (Å²) >= 11 is 0. The van der Waals surface area contributed by atoms with Crippen molar-refractivity contribution in [3.8, 4) is 0 Å². The van der Waals surface area contributed by atoms with Crippen molar-refractivity contribution in [3.05, 3.63) is 31.5 Å². The standard InChI is InChI=1S/C7H9N2.CH3.Cr/c1-2-8-6-7-4-3-5-9-7;;/h3-6H,2H2,1H3;1H3;/q2*-1;+2. The molecule has 2 nitrogen and oxygen atoms in total. The topological polar surface area (TPSA) is 26.5 Å². The molecule has 60 valence electrons. The molecule has 0 radical (unpaired) electrons. The first-order chi connectivity index (χ1) is 4.43. The van der Waals surface area contributed by atoms with Crippen LogP contribution >= 0.6 is 0 Å². The Kier molecular flexibility index (Phi) is 9.04. The van der Waals surface area contributed by atoms with Gasteiger partial charge in [0.25, 0.3) is 0 Å². The summed E-state index contributed by atoms with van der Waals surface area (Å²) in [5.74, 6) is 0. The van der Waals surface area contributed by atoms with Gasteiger partial charge in [0.05, 0.1) is 0 Å². The average molecular weight is 188 g/mol. The van der Waals surface area contributed by atoms with E-state index < -0.39 is 0 Å². The smallest absolute Gasteiger partial charge is 0.663 e. The molecule has 1 aromatic rings. The summed E-state index contributed by atoms with van der Waals surface area (Å²) in [6.45, 7) is 2.83. The predicted octanol–water partition coefficient (Wildman–Crippen LogP) is 1.53. The second-order valence-corrected chi connectivity index (χ2v) is 1.69. The van der Waals surface area contributed by atoms with Gasteiger partial charge in [-0.3, -0.25) is 4.99 Å². The van der Waals surface area contributed by atoms with Crippen molar-refractivity contribution in [1.29, 1.82) is 0 Å². The molecule has 0 spiro atoms. The van der Waals surface area contributed by atoms with Gasteiger partial charge in [-0.1, -0.05) is 12.1 Å². The molecule has 0 atom stereocenters. The first kappa shape index (κ1) is 13.1. The van der Waals surface area contributed by atoms with Gasteiger partial charge in [-0.15, -0.1) is 5.69 Å². The zero-order chi connectivity index (χ0) is 6.53. The third kappa shape index (κ3) is 4.83. The van der Waals surface area contributed by atoms with Gasteiger partial charge < -0.3 is 12.4 Å². The van der Waals surface area contributed by atoms with Crippen LogP contribution in [0.25, 0.3) is 0 Å². The van der Waals surface area contributed by atoms with Crippen LogP contribution in [0, 0.1) is 7.43 Å². The number of aromatic nitrogens is 1. The maximum absolute atomic E-state index is 4.03. The Morgan fingerprint density at radius 3 is 2.82 bits per heavy atom. The van der Waals surface area contributed by atoms with E-state index in [2.05, 4.69) is 9.98 Å². The second kappa shape index (κ2) is 7.59. The van der Waals surface area contributed by atoms with Crippen LogP contribution in [-0.2, 0) is 17.4 Å². The predicted molar refractivity (Wildman–Crippen MR) is 44.3 cm³/mol. The van der Waals surface area contributed by atoms with Gasteiger partial charge >= 0.3 is 17.4 Å². The van der Waals surface area contributed by atoms with Gasteiger partial charge in [0, 0.05) is 12.8 Å². The fourth-order valence-electron chi connectivity index (χ4n) is 0.575. The second-order valence-electron chi connectivity index (χ2n) is 1.69. The fraction of sp³-hybridized carbons (Fsp3) is 0.250. The number of aliphatic imine (C=N–C) groups is 1. The molecule has 11 heavy (non-hydrogen) atoms. The van der Waals surface area contributed by atoms with E-state index in [-0.39, 0.29) is 24.8 Å². The quantitative estimate of drug-likeness (QED) is 0.510. The maximum Gasteiger partial charge on any atom is 2.00 e. The number of hydrogen-bond donors (Lipinski definition) is 0. The van der Waals surface area contributed by atoms with Crippen molar-refractivity contribution < 1.29 is 17.4 Å². The zero-order valence-electron chi connectivity index (χ0n) is 6.82. The Morgan fingerprint density at radius 1 is 1.64 bits per heavy atom. The van der Waals surface area contributed by atoms with Crippen LogP contribution in [0.2, 0.25) is 0 Å². The molecule has 0 aliphatic carbocycles. The van der Waals surface area contributed by atoms with Crippen LogP contribution in [0.3, 0.4) is 0 Å². The van der Waals surface area contributed by atoms with E-state index in [0.29, 0.717) is 0 Å². The molecule has 0 aromatic carbocycles. The first-order valence-electron chi connectivity index (χ1n) is 3.01. The van der Waals surface area contributed by atoms with Crippen LogP contribution in [0.15, 0.2) is 23.3 Å². The van der Waals surface area contributed by atoms with Gasteiger partial charge in [-0.05, 0) is 6.92 Å². The summed E-state index contributed by atoms with van der Waals surface area (Å²) in [4.78, 5) is 8.03. The Bertz CT molecular complexity index is 180. The minimum atomic E-state index is 0. The molecular formula is C8H12CrN2. The molecule has 1 heterocycles. The van der Waals surface area contributed by atoms with Crippen molar-refractivity contribution in [1.82, 2.24) is 4.98 Å². The third-order valence-electron chi connectivity index (χ3n) is 0.983. The molecule has 0 saturated carbocycles. The van der Waals surface area contributed by atoms with Crippen LogP contribution in [0.5, 0.6) is 0 Å². The van der Waals surface area contributed by atoms with E-state index in [9.17, 15) is 0 Å². The minimum absolute atomic E-state index is 0. The largest absolute Gasteiger partial charge is 2.00 e. The van der Waals surface area contributed by atoms with E-state index >= 15 is 0 Å². The molecule has 0 saturated heterocycles. The summed E-state index contributed by atoms with van der Waals surface area (Å²) in [7, 11) is 0. The Morgan fingerprint density at radius 2 is 2.36 bits per heavy atom. The van der Waals surface area contributed by atoms with Crippen molar-refractivity contribution in [3.63, 3.8) is 0 Å². The Labute approximate surface area is 78.9 Å². The van der Waals surface area contributed by atoms with Gasteiger partial charge in [-0.2, -0.15) is 6.20 Å². The van der Waals surface area contributed by atoms with Crippen molar-refractivity contribution in [2.45, 2.75) is 6.92 Å². The molecule has 0 unspecified atom stereocenters. The monoisotopic (exact) mass is 188 g/mol. The maximum atomic E-state index is 4.03. The van der Waals surface area contributed by atoms with Crippen LogP contribution in [0.4, 0.5) is 0 Å². The number of rotatable bonds is 2. The summed E-state index contributed by atoms with van der Waals surface area (Å²) < 4.78 is 0. The average Bonchev–Trinajstić information content (AvgIpc) is 2.34. The third-order valence-corrected chi connectivity index (χ3v) is 0.983. The SMILES string of the molecule is CCN=Cc1ccc[n-]1.[CH3-].[Cr+2]. The zero-order valence-corrected chi connectivity index (χ0v) is 8.09. The summed E-state index contributed by atoms with van der Waals surface area (Å²) in [6.07, 6.45) is 3.54. The van der Waals surface area contributed by atoms with E-state index in [4.69, 9.17) is 0 Å². The van der Waals surface area contributed by atoms with Crippen LogP contribution in [-0.4, -0.2) is 12.8 Å². The molecular weight excluding hydrogens is 176 g/mol. The molecule has 3 heteroatoms. The number of hydrogen-bond acceptors (Lipinski definition) is 1. The number of nitrogens with zero attached hydrogens (tertiary/aromatic N) is 2. The van der Waals surface area contributed by atoms with Crippen molar-refractivity contribution in [2.75, 3.05) is 6.54 Å². The summed E-state index contributed by atoms with van der Waals surface area (Å²) in [6, 6.07) is 3.83. The molecule has 0 N–H and O–H groups in total. The van der Waals surface area contributed by atoms with Crippen LogP contribution < -0.4 is 4.98 Å². The Balaban J connectivity index is 0. The molecule has 0 fully saturated rings. The first-order valence-corrected chi connectivity index (χ1v) is 3.01.